The molecule has 1 heterocycles. The molecule has 0 aliphatic rings. The van der Waals surface area contributed by atoms with Gasteiger partial charge >= 0.3 is 5.97 Å². The van der Waals surface area contributed by atoms with Crippen LogP contribution in [0.15, 0.2) is 29.6 Å². The Morgan fingerprint density at radius 3 is 2.86 bits per heavy atom. The lowest BCUT2D eigenvalue weighted by Crippen LogP contribution is -2.23. The van der Waals surface area contributed by atoms with Crippen molar-refractivity contribution in [2.75, 3.05) is 11.9 Å². The molecule has 2 atom stereocenters. The molecule has 3 N–H and O–H groups in total. The van der Waals surface area contributed by atoms with Gasteiger partial charge in [0.15, 0.2) is 5.13 Å². The van der Waals surface area contributed by atoms with Gasteiger partial charge in [-0.05, 0) is 24.6 Å². The summed E-state index contributed by atoms with van der Waals surface area (Å²) in [5.74, 6) is -1.09. The van der Waals surface area contributed by atoms with Crippen LogP contribution >= 0.6 is 22.9 Å². The van der Waals surface area contributed by atoms with Crippen LogP contribution in [0.25, 0.3) is 0 Å². The average Bonchev–Trinajstić information content (AvgIpc) is 2.94. The van der Waals surface area contributed by atoms with Crippen molar-refractivity contribution in [1.29, 1.82) is 0 Å². The number of hydrogen-bond donors (Lipinski definition) is 2. The smallest absolute Gasteiger partial charge is 0.326 e. The van der Waals surface area contributed by atoms with Crippen LogP contribution in [0.1, 0.15) is 30.3 Å². The second-order valence-corrected chi connectivity index (χ2v) is 5.99. The van der Waals surface area contributed by atoms with Gasteiger partial charge in [0.05, 0.1) is 11.7 Å². The third-order valence-electron chi connectivity index (χ3n) is 3.31. The number of benzene rings is 1. The Bertz CT molecular complexity index is 647. The highest BCUT2D eigenvalue weighted by atomic mass is 35.5. The first-order valence-electron chi connectivity index (χ1n) is 6.32. The first-order valence-corrected chi connectivity index (χ1v) is 7.58. The summed E-state index contributed by atoms with van der Waals surface area (Å²) >= 11 is 7.38. The van der Waals surface area contributed by atoms with Gasteiger partial charge in [0, 0.05) is 17.5 Å². The zero-order valence-electron chi connectivity index (χ0n) is 11.7. The number of nitrogens with zero attached hydrogens (tertiary/aromatic N) is 2. The zero-order chi connectivity index (χ0) is 15.6. The Hall–Kier alpha value is -1.63. The van der Waals surface area contributed by atoms with Gasteiger partial charge < -0.3 is 15.7 Å². The summed E-state index contributed by atoms with van der Waals surface area (Å²) in [7, 11) is 1.90. The third kappa shape index (κ3) is 3.53. The molecular formula is C14H16ClN3O2S. The molecule has 2 rings (SSSR count). The molecule has 0 saturated carbocycles. The molecule has 2 aromatic rings. The fraction of sp³-hybridized carbons (Fsp3) is 0.286. The maximum absolute atomic E-state index is 10.9. The lowest BCUT2D eigenvalue weighted by Gasteiger charge is -2.24. The minimum Gasteiger partial charge on any atom is -0.480 e. The van der Waals surface area contributed by atoms with Crippen molar-refractivity contribution in [3.63, 3.8) is 0 Å². The van der Waals surface area contributed by atoms with E-state index in [-0.39, 0.29) is 6.04 Å². The quantitative estimate of drug-likeness (QED) is 0.883. The molecule has 0 spiro atoms. The normalized spacial score (nSPS) is 13.7. The van der Waals surface area contributed by atoms with Crippen LogP contribution in [0.3, 0.4) is 0 Å². The third-order valence-corrected chi connectivity index (χ3v) is 4.49. The monoisotopic (exact) mass is 325 g/mol. The van der Waals surface area contributed by atoms with E-state index < -0.39 is 12.0 Å². The van der Waals surface area contributed by atoms with Gasteiger partial charge in [-0.1, -0.05) is 23.7 Å². The van der Waals surface area contributed by atoms with E-state index in [9.17, 15) is 4.79 Å². The summed E-state index contributed by atoms with van der Waals surface area (Å²) < 4.78 is 0. The lowest BCUT2D eigenvalue weighted by molar-refractivity contribution is -0.138. The van der Waals surface area contributed by atoms with Gasteiger partial charge in [-0.2, -0.15) is 0 Å². The SMILES string of the molecule is CC(c1cccc(Cl)c1)N(C)c1nc(C(N)C(=O)O)cs1. The number of aliphatic carboxylic acids is 1. The zero-order valence-corrected chi connectivity index (χ0v) is 13.2. The summed E-state index contributed by atoms with van der Waals surface area (Å²) in [6.07, 6.45) is 0. The summed E-state index contributed by atoms with van der Waals surface area (Å²) in [6, 6.07) is 6.58. The van der Waals surface area contributed by atoms with Gasteiger partial charge in [-0.25, -0.2) is 4.98 Å². The molecule has 0 saturated heterocycles. The van der Waals surface area contributed by atoms with E-state index in [0.717, 1.165) is 5.56 Å². The van der Waals surface area contributed by atoms with Crippen LogP contribution in [0.4, 0.5) is 5.13 Å². The van der Waals surface area contributed by atoms with Gasteiger partial charge in [-0.15, -0.1) is 11.3 Å². The Kier molecular flexibility index (Phi) is 4.82. The van der Waals surface area contributed by atoms with E-state index in [0.29, 0.717) is 15.8 Å². The molecule has 0 aliphatic heterocycles. The highest BCUT2D eigenvalue weighted by molar-refractivity contribution is 7.13. The van der Waals surface area contributed by atoms with Gasteiger partial charge in [0.25, 0.3) is 0 Å². The lowest BCUT2D eigenvalue weighted by atomic mass is 10.1. The van der Waals surface area contributed by atoms with Crippen LogP contribution in [-0.4, -0.2) is 23.1 Å². The topological polar surface area (TPSA) is 79.5 Å². The Labute approximate surface area is 132 Å². The summed E-state index contributed by atoms with van der Waals surface area (Å²) in [4.78, 5) is 17.2. The van der Waals surface area contributed by atoms with Crippen molar-refractivity contribution in [2.24, 2.45) is 5.73 Å². The van der Waals surface area contributed by atoms with Crippen LogP contribution in [0, 0.1) is 0 Å². The number of carbonyl (C=O) groups is 1. The van der Waals surface area contributed by atoms with Crippen LogP contribution in [0.2, 0.25) is 5.02 Å². The molecular weight excluding hydrogens is 310 g/mol. The Balaban J connectivity index is 2.20. The van der Waals surface area contributed by atoms with E-state index >= 15 is 0 Å². The average molecular weight is 326 g/mol. The number of carboxylic acid groups (broad SMARTS) is 1. The molecule has 1 aromatic heterocycles. The fourth-order valence-electron chi connectivity index (χ4n) is 1.86. The van der Waals surface area contributed by atoms with Crippen molar-refractivity contribution in [3.8, 4) is 0 Å². The number of nitrogens with two attached hydrogens (primary N) is 1. The Morgan fingerprint density at radius 1 is 1.52 bits per heavy atom. The molecule has 0 fully saturated rings. The summed E-state index contributed by atoms with van der Waals surface area (Å²) in [5, 5.41) is 12.0. The van der Waals surface area contributed by atoms with Crippen LogP contribution < -0.4 is 10.6 Å². The summed E-state index contributed by atoms with van der Waals surface area (Å²) in [6.45, 7) is 2.03. The second-order valence-electron chi connectivity index (χ2n) is 4.71. The largest absolute Gasteiger partial charge is 0.480 e. The van der Waals surface area contributed by atoms with Crippen molar-refractivity contribution in [1.82, 2.24) is 4.98 Å². The van der Waals surface area contributed by atoms with E-state index in [1.54, 1.807) is 5.38 Å². The van der Waals surface area contributed by atoms with Gasteiger partial charge in [0.2, 0.25) is 0 Å². The van der Waals surface area contributed by atoms with Crippen LogP contribution in [0.5, 0.6) is 0 Å². The molecule has 5 nitrogen and oxygen atoms in total. The summed E-state index contributed by atoms with van der Waals surface area (Å²) in [5.41, 5.74) is 6.99. The molecule has 7 heteroatoms. The number of aromatic nitrogens is 1. The highest BCUT2D eigenvalue weighted by Gasteiger charge is 2.21. The van der Waals surface area contributed by atoms with Crippen LogP contribution in [-0.2, 0) is 4.79 Å². The molecule has 112 valence electrons. The maximum Gasteiger partial charge on any atom is 0.326 e. The number of anilines is 1. The molecule has 0 radical (unpaired) electrons. The van der Waals surface area contributed by atoms with Crippen molar-refractivity contribution >= 4 is 34.0 Å². The molecule has 0 bridgehead atoms. The molecule has 2 unspecified atom stereocenters. The standard InChI is InChI=1S/C14H16ClN3O2S/c1-8(9-4-3-5-10(15)6-9)18(2)14-17-11(7-21-14)12(16)13(19)20/h3-8,12H,16H2,1-2H3,(H,19,20). The predicted octanol–water partition coefficient (Wildman–Crippen LogP) is 3.08. The number of carboxylic acids is 1. The number of thiazole rings is 1. The minimum absolute atomic E-state index is 0.0590. The number of rotatable bonds is 5. The van der Waals surface area contributed by atoms with E-state index in [1.807, 2.05) is 43.1 Å². The molecule has 0 aliphatic carbocycles. The Morgan fingerprint density at radius 2 is 2.24 bits per heavy atom. The van der Waals surface area contributed by atoms with E-state index in [2.05, 4.69) is 4.98 Å². The fourth-order valence-corrected chi connectivity index (χ4v) is 2.97. The maximum atomic E-state index is 10.9. The number of halogens is 1. The first-order chi connectivity index (χ1) is 9.90. The van der Waals surface area contributed by atoms with Gasteiger partial charge in [-0.3, -0.25) is 4.79 Å². The van der Waals surface area contributed by atoms with Gasteiger partial charge in [0.1, 0.15) is 6.04 Å². The van der Waals surface area contributed by atoms with Crippen molar-refractivity contribution in [3.05, 3.63) is 45.9 Å². The predicted molar refractivity (Wildman–Crippen MR) is 84.9 cm³/mol. The number of hydrogen-bond acceptors (Lipinski definition) is 5. The second kappa shape index (κ2) is 6.43. The minimum atomic E-state index is -1.09. The molecule has 21 heavy (non-hydrogen) atoms. The highest BCUT2D eigenvalue weighted by Crippen LogP contribution is 2.30. The molecule has 1 aromatic carbocycles. The van der Waals surface area contributed by atoms with E-state index in [1.165, 1.54) is 11.3 Å². The van der Waals surface area contributed by atoms with E-state index in [4.69, 9.17) is 22.4 Å². The molecule has 0 amide bonds. The van der Waals surface area contributed by atoms with Crippen molar-refractivity contribution in [2.45, 2.75) is 19.0 Å². The first kappa shape index (κ1) is 15.8. The van der Waals surface area contributed by atoms with Crippen molar-refractivity contribution < 1.29 is 9.90 Å².